The Morgan fingerprint density at radius 3 is 2.81 bits per heavy atom. The number of nitrogens with zero attached hydrogens (tertiary/aromatic N) is 3. The average Bonchev–Trinajstić information content (AvgIpc) is 2.28. The zero-order valence-electron chi connectivity index (χ0n) is 9.86. The van der Waals surface area contributed by atoms with Crippen molar-refractivity contribution in [2.75, 3.05) is 5.32 Å². The quantitative estimate of drug-likeness (QED) is 0.856. The lowest BCUT2D eigenvalue weighted by molar-refractivity contribution is 0.876. The van der Waals surface area contributed by atoms with E-state index in [-0.39, 0.29) is 0 Å². The highest BCUT2D eigenvalue weighted by atomic mass is 15.0. The molecule has 2 heterocycles. The van der Waals surface area contributed by atoms with Crippen LogP contribution in [0.3, 0.4) is 0 Å². The molecule has 0 fully saturated rings. The van der Waals surface area contributed by atoms with Gasteiger partial charge in [0.2, 0.25) is 0 Å². The highest BCUT2D eigenvalue weighted by molar-refractivity contribution is 5.88. The van der Waals surface area contributed by atoms with Crippen LogP contribution in [0.25, 0.3) is 10.9 Å². The summed E-state index contributed by atoms with van der Waals surface area (Å²) < 4.78 is 0. The fraction of sp³-hybridized carbons (Fsp3) is 0.417. The molecule has 2 aromatic rings. The number of anilines is 1. The minimum absolute atomic E-state index is 0.350. The van der Waals surface area contributed by atoms with E-state index in [0.717, 1.165) is 29.0 Å². The van der Waals surface area contributed by atoms with E-state index in [1.165, 1.54) is 0 Å². The zero-order valence-corrected chi connectivity index (χ0v) is 9.86. The van der Waals surface area contributed by atoms with Gasteiger partial charge in [0.15, 0.2) is 0 Å². The van der Waals surface area contributed by atoms with E-state index in [1.807, 2.05) is 6.07 Å². The average molecular weight is 216 g/mol. The summed E-state index contributed by atoms with van der Waals surface area (Å²) in [5.74, 6) is 1.74. The van der Waals surface area contributed by atoms with Gasteiger partial charge in [-0.25, -0.2) is 9.97 Å². The van der Waals surface area contributed by atoms with Gasteiger partial charge >= 0.3 is 0 Å². The summed E-state index contributed by atoms with van der Waals surface area (Å²) in [5.41, 5.74) is 0.949. The van der Waals surface area contributed by atoms with E-state index in [0.29, 0.717) is 6.04 Å². The summed E-state index contributed by atoms with van der Waals surface area (Å²) in [7, 11) is 0. The summed E-state index contributed by atoms with van der Waals surface area (Å²) in [5, 5.41) is 4.31. The maximum absolute atomic E-state index is 4.50. The molecule has 0 amide bonds. The molecular formula is C12H16N4. The predicted molar refractivity (Wildman–Crippen MR) is 65.5 cm³/mol. The fourth-order valence-electron chi connectivity index (χ4n) is 1.56. The first kappa shape index (κ1) is 10.8. The normalized spacial score (nSPS) is 11.0. The van der Waals surface area contributed by atoms with Crippen LogP contribution in [0.1, 0.15) is 26.6 Å². The predicted octanol–water partition coefficient (Wildman–Crippen LogP) is 2.41. The first-order chi connectivity index (χ1) is 7.70. The van der Waals surface area contributed by atoms with E-state index < -0.39 is 0 Å². The van der Waals surface area contributed by atoms with E-state index in [4.69, 9.17) is 0 Å². The van der Waals surface area contributed by atoms with E-state index in [2.05, 4.69) is 41.0 Å². The van der Waals surface area contributed by atoms with Crippen molar-refractivity contribution < 1.29 is 0 Å². The summed E-state index contributed by atoms with van der Waals surface area (Å²) in [6, 6.07) is 2.27. The molecule has 0 radical (unpaired) electrons. The third kappa shape index (κ3) is 2.10. The molecule has 0 aliphatic heterocycles. The molecule has 0 saturated carbocycles. The standard InChI is InChI=1S/C12H16N4/c1-4-11-15-10-5-6-13-7-9(10)12(16-11)14-8(2)3/h5-8H,4H2,1-3H3,(H,14,15,16). The zero-order chi connectivity index (χ0) is 11.5. The maximum atomic E-state index is 4.50. The van der Waals surface area contributed by atoms with Crippen molar-refractivity contribution in [1.82, 2.24) is 15.0 Å². The Balaban J connectivity index is 2.59. The lowest BCUT2D eigenvalue weighted by Gasteiger charge is -2.12. The number of aryl methyl sites for hydroxylation is 1. The minimum atomic E-state index is 0.350. The molecule has 0 atom stereocenters. The van der Waals surface area contributed by atoms with Crippen molar-refractivity contribution in [3.8, 4) is 0 Å². The van der Waals surface area contributed by atoms with Gasteiger partial charge in [-0.1, -0.05) is 6.92 Å². The van der Waals surface area contributed by atoms with E-state index in [1.54, 1.807) is 12.4 Å². The largest absolute Gasteiger partial charge is 0.367 e. The molecule has 16 heavy (non-hydrogen) atoms. The van der Waals surface area contributed by atoms with Crippen molar-refractivity contribution in [1.29, 1.82) is 0 Å². The Morgan fingerprint density at radius 2 is 2.12 bits per heavy atom. The molecule has 0 aliphatic carbocycles. The second-order valence-corrected chi connectivity index (χ2v) is 4.03. The van der Waals surface area contributed by atoms with Crippen LogP contribution in [-0.2, 0) is 6.42 Å². The Labute approximate surface area is 95.1 Å². The van der Waals surface area contributed by atoms with Gasteiger partial charge in [-0.05, 0) is 19.9 Å². The topological polar surface area (TPSA) is 50.7 Å². The van der Waals surface area contributed by atoms with Crippen LogP contribution < -0.4 is 5.32 Å². The Kier molecular flexibility index (Phi) is 2.99. The Hall–Kier alpha value is -1.71. The molecule has 0 unspecified atom stereocenters. The molecule has 0 aliphatic rings. The molecule has 84 valence electrons. The molecule has 2 aromatic heterocycles. The van der Waals surface area contributed by atoms with Gasteiger partial charge in [0, 0.05) is 24.9 Å². The maximum Gasteiger partial charge on any atom is 0.139 e. The number of pyridine rings is 1. The van der Waals surface area contributed by atoms with Gasteiger partial charge in [0.25, 0.3) is 0 Å². The Morgan fingerprint density at radius 1 is 1.31 bits per heavy atom. The molecule has 4 heteroatoms. The number of hydrogen-bond acceptors (Lipinski definition) is 4. The molecule has 0 aromatic carbocycles. The lowest BCUT2D eigenvalue weighted by Crippen LogP contribution is -2.12. The van der Waals surface area contributed by atoms with Crippen LogP contribution >= 0.6 is 0 Å². The highest BCUT2D eigenvalue weighted by Gasteiger charge is 2.07. The van der Waals surface area contributed by atoms with Crippen molar-refractivity contribution >= 4 is 16.7 Å². The van der Waals surface area contributed by atoms with Gasteiger partial charge in [-0.3, -0.25) is 4.98 Å². The van der Waals surface area contributed by atoms with Gasteiger partial charge < -0.3 is 5.32 Å². The monoisotopic (exact) mass is 216 g/mol. The minimum Gasteiger partial charge on any atom is -0.367 e. The number of aromatic nitrogens is 3. The third-order valence-electron chi connectivity index (χ3n) is 2.29. The first-order valence-corrected chi connectivity index (χ1v) is 5.58. The lowest BCUT2D eigenvalue weighted by atomic mass is 10.2. The molecule has 1 N–H and O–H groups in total. The van der Waals surface area contributed by atoms with Crippen molar-refractivity contribution in [3.63, 3.8) is 0 Å². The number of fused-ring (bicyclic) bond motifs is 1. The van der Waals surface area contributed by atoms with Crippen molar-refractivity contribution in [2.45, 2.75) is 33.2 Å². The molecule has 0 bridgehead atoms. The molecule has 2 rings (SSSR count). The van der Waals surface area contributed by atoms with Gasteiger partial charge in [-0.2, -0.15) is 0 Å². The molecule has 0 spiro atoms. The Bertz CT molecular complexity index is 493. The summed E-state index contributed by atoms with van der Waals surface area (Å²) in [4.78, 5) is 13.1. The van der Waals surface area contributed by atoms with Crippen LogP contribution in [0, 0.1) is 0 Å². The van der Waals surface area contributed by atoms with Crippen LogP contribution in [0.4, 0.5) is 5.82 Å². The SMILES string of the molecule is CCc1nc(NC(C)C)c2cnccc2n1. The van der Waals surface area contributed by atoms with Gasteiger partial charge in [-0.15, -0.1) is 0 Å². The van der Waals surface area contributed by atoms with E-state index >= 15 is 0 Å². The molecular weight excluding hydrogens is 200 g/mol. The van der Waals surface area contributed by atoms with Crippen molar-refractivity contribution in [2.24, 2.45) is 0 Å². The fourth-order valence-corrected chi connectivity index (χ4v) is 1.56. The second-order valence-electron chi connectivity index (χ2n) is 4.03. The smallest absolute Gasteiger partial charge is 0.139 e. The van der Waals surface area contributed by atoms with E-state index in [9.17, 15) is 0 Å². The summed E-state index contributed by atoms with van der Waals surface area (Å²) in [6.07, 6.45) is 4.40. The third-order valence-corrected chi connectivity index (χ3v) is 2.29. The number of hydrogen-bond donors (Lipinski definition) is 1. The molecule has 4 nitrogen and oxygen atoms in total. The van der Waals surface area contributed by atoms with Crippen LogP contribution in [0.2, 0.25) is 0 Å². The van der Waals surface area contributed by atoms with Crippen LogP contribution in [-0.4, -0.2) is 21.0 Å². The van der Waals surface area contributed by atoms with Gasteiger partial charge in [0.1, 0.15) is 11.6 Å². The first-order valence-electron chi connectivity index (χ1n) is 5.58. The second kappa shape index (κ2) is 4.43. The highest BCUT2D eigenvalue weighted by Crippen LogP contribution is 2.19. The van der Waals surface area contributed by atoms with Crippen LogP contribution in [0.5, 0.6) is 0 Å². The van der Waals surface area contributed by atoms with Gasteiger partial charge in [0.05, 0.1) is 10.9 Å². The molecule has 0 saturated heterocycles. The van der Waals surface area contributed by atoms with Crippen molar-refractivity contribution in [3.05, 3.63) is 24.3 Å². The number of rotatable bonds is 3. The summed E-state index contributed by atoms with van der Waals surface area (Å²) in [6.45, 7) is 6.24. The number of nitrogens with one attached hydrogen (secondary N) is 1. The van der Waals surface area contributed by atoms with Crippen LogP contribution in [0.15, 0.2) is 18.5 Å². The summed E-state index contributed by atoms with van der Waals surface area (Å²) >= 11 is 0.